The van der Waals surface area contributed by atoms with Gasteiger partial charge in [-0.3, -0.25) is 4.79 Å². The van der Waals surface area contributed by atoms with Gasteiger partial charge in [0.25, 0.3) is 0 Å². The van der Waals surface area contributed by atoms with Crippen LogP contribution in [0, 0.1) is 12.7 Å². The second kappa shape index (κ2) is 8.76. The molecule has 1 N–H and O–H groups in total. The third-order valence-corrected chi connectivity index (χ3v) is 6.36. The molecule has 5 nitrogen and oxygen atoms in total. The highest BCUT2D eigenvalue weighted by Crippen LogP contribution is 2.22. The van der Waals surface area contributed by atoms with Crippen molar-refractivity contribution in [1.29, 1.82) is 0 Å². The summed E-state index contributed by atoms with van der Waals surface area (Å²) in [6, 6.07) is 3.79. The molecule has 0 atom stereocenters. The van der Waals surface area contributed by atoms with Crippen LogP contribution in [0.5, 0.6) is 0 Å². The van der Waals surface area contributed by atoms with Crippen molar-refractivity contribution in [1.82, 2.24) is 9.62 Å². The lowest BCUT2D eigenvalue weighted by Crippen LogP contribution is -2.43. The molecule has 0 aliphatic heterocycles. The molecule has 25 heavy (non-hydrogen) atoms. The van der Waals surface area contributed by atoms with Gasteiger partial charge in [-0.25, -0.2) is 17.5 Å². The number of nitrogens with one attached hydrogen (secondary N) is 1. The number of hydrogen-bond donors (Lipinski definition) is 1. The fraction of sp³-hybridized carbons (Fsp3) is 0.611. The predicted molar refractivity (Wildman–Crippen MR) is 95.2 cm³/mol. The Balaban J connectivity index is 1.99. The molecule has 0 heterocycles. The zero-order valence-electron chi connectivity index (χ0n) is 14.9. The van der Waals surface area contributed by atoms with Crippen LogP contribution in [0.3, 0.4) is 0 Å². The molecule has 0 bridgehead atoms. The Morgan fingerprint density at radius 2 is 1.88 bits per heavy atom. The first kappa shape index (κ1) is 19.8. The molecule has 1 fully saturated rings. The average molecular weight is 370 g/mol. The highest BCUT2D eigenvalue weighted by molar-refractivity contribution is 7.89. The van der Waals surface area contributed by atoms with Crippen LogP contribution in [0.4, 0.5) is 4.39 Å². The molecule has 7 heteroatoms. The van der Waals surface area contributed by atoms with Crippen molar-refractivity contribution in [3.63, 3.8) is 0 Å². The van der Waals surface area contributed by atoms with Crippen LogP contribution < -0.4 is 4.72 Å². The summed E-state index contributed by atoms with van der Waals surface area (Å²) in [6.07, 6.45) is 6.55. The van der Waals surface area contributed by atoms with E-state index < -0.39 is 15.8 Å². The van der Waals surface area contributed by atoms with Gasteiger partial charge in [-0.1, -0.05) is 25.7 Å². The molecule has 2 rings (SSSR count). The van der Waals surface area contributed by atoms with Gasteiger partial charge in [0.1, 0.15) is 5.82 Å². The molecule has 1 aliphatic carbocycles. The van der Waals surface area contributed by atoms with Gasteiger partial charge in [0.2, 0.25) is 15.9 Å². The number of aryl methyl sites for hydroxylation is 1. The van der Waals surface area contributed by atoms with Crippen molar-refractivity contribution in [3.05, 3.63) is 29.6 Å². The van der Waals surface area contributed by atoms with Crippen LogP contribution in [-0.4, -0.2) is 38.4 Å². The van der Waals surface area contributed by atoms with Gasteiger partial charge >= 0.3 is 0 Å². The van der Waals surface area contributed by atoms with Gasteiger partial charge in [-0.05, 0) is 43.5 Å². The third-order valence-electron chi connectivity index (χ3n) is 4.74. The van der Waals surface area contributed by atoms with Crippen molar-refractivity contribution >= 4 is 15.9 Å². The maximum absolute atomic E-state index is 13.2. The van der Waals surface area contributed by atoms with Crippen molar-refractivity contribution in [2.24, 2.45) is 0 Å². The van der Waals surface area contributed by atoms with Gasteiger partial charge in [0.05, 0.1) is 4.90 Å². The number of carbonyl (C=O) groups excluding carboxylic acids is 1. The Morgan fingerprint density at radius 3 is 2.44 bits per heavy atom. The minimum absolute atomic E-state index is 0.0240. The first-order valence-electron chi connectivity index (χ1n) is 8.84. The molecular weight excluding hydrogens is 343 g/mol. The second-order valence-electron chi connectivity index (χ2n) is 6.67. The zero-order valence-corrected chi connectivity index (χ0v) is 15.7. The average Bonchev–Trinajstić information content (AvgIpc) is 2.79. The summed E-state index contributed by atoms with van der Waals surface area (Å²) in [5, 5.41) is 0. The number of rotatable bonds is 6. The normalized spacial score (nSPS) is 16.4. The van der Waals surface area contributed by atoms with E-state index in [1.54, 1.807) is 11.8 Å². The van der Waals surface area contributed by atoms with Crippen LogP contribution in [0.1, 0.15) is 51.0 Å². The summed E-state index contributed by atoms with van der Waals surface area (Å²) in [6.45, 7) is 3.59. The van der Waals surface area contributed by atoms with Crippen LogP contribution in [0.15, 0.2) is 23.1 Å². The lowest BCUT2D eigenvalue weighted by atomic mass is 10.1. The molecule has 0 radical (unpaired) electrons. The third kappa shape index (κ3) is 5.51. The number of hydrogen-bond acceptors (Lipinski definition) is 3. The van der Waals surface area contributed by atoms with E-state index in [0.717, 1.165) is 31.7 Å². The molecule has 1 aliphatic rings. The SMILES string of the molecule is CC(=O)N(CCNS(=O)(=O)c1ccc(F)cc1C)C1CCCCCC1. The number of carbonyl (C=O) groups is 1. The van der Waals surface area contributed by atoms with Gasteiger partial charge in [-0.15, -0.1) is 0 Å². The monoisotopic (exact) mass is 370 g/mol. The smallest absolute Gasteiger partial charge is 0.240 e. The first-order chi connectivity index (χ1) is 11.8. The highest BCUT2D eigenvalue weighted by atomic mass is 32.2. The van der Waals surface area contributed by atoms with Crippen LogP contribution in [0.2, 0.25) is 0 Å². The summed E-state index contributed by atoms with van der Waals surface area (Å²) in [5.74, 6) is -0.489. The summed E-state index contributed by atoms with van der Waals surface area (Å²) in [7, 11) is -3.72. The molecule has 0 aromatic heterocycles. The summed E-state index contributed by atoms with van der Waals surface area (Å²) >= 11 is 0. The summed E-state index contributed by atoms with van der Waals surface area (Å²) in [4.78, 5) is 13.8. The number of nitrogens with zero attached hydrogens (tertiary/aromatic N) is 1. The summed E-state index contributed by atoms with van der Waals surface area (Å²) in [5.41, 5.74) is 0.361. The molecule has 1 aromatic rings. The van der Waals surface area contributed by atoms with E-state index in [1.165, 1.54) is 31.9 Å². The standard InChI is InChI=1S/C18H27FN2O3S/c1-14-13-16(19)9-10-18(14)25(23,24)20-11-12-21(15(2)22)17-7-5-3-4-6-8-17/h9-10,13,17,20H,3-8,11-12H2,1-2H3. The molecule has 1 amide bonds. The number of sulfonamides is 1. The molecular formula is C18H27FN2O3S. The topological polar surface area (TPSA) is 66.5 Å². The van der Waals surface area contributed by atoms with E-state index in [1.807, 2.05) is 0 Å². The fourth-order valence-corrected chi connectivity index (χ4v) is 4.70. The second-order valence-corrected chi connectivity index (χ2v) is 8.40. The van der Waals surface area contributed by atoms with Crippen molar-refractivity contribution in [3.8, 4) is 0 Å². The minimum Gasteiger partial charge on any atom is -0.339 e. The maximum atomic E-state index is 13.2. The lowest BCUT2D eigenvalue weighted by molar-refractivity contribution is -0.131. The summed E-state index contributed by atoms with van der Waals surface area (Å²) < 4.78 is 40.5. The predicted octanol–water partition coefficient (Wildman–Crippen LogP) is 2.98. The lowest BCUT2D eigenvalue weighted by Gasteiger charge is -2.30. The van der Waals surface area contributed by atoms with Crippen molar-refractivity contribution in [2.75, 3.05) is 13.1 Å². The number of benzene rings is 1. The molecule has 1 aromatic carbocycles. The number of halogens is 1. The quantitative estimate of drug-likeness (QED) is 0.783. The molecule has 1 saturated carbocycles. The van der Waals surface area contributed by atoms with Crippen molar-refractivity contribution in [2.45, 2.75) is 63.3 Å². The Hall–Kier alpha value is -1.47. The molecule has 0 saturated heterocycles. The van der Waals surface area contributed by atoms with Crippen molar-refractivity contribution < 1.29 is 17.6 Å². The largest absolute Gasteiger partial charge is 0.339 e. The van der Waals surface area contributed by atoms with Crippen LogP contribution in [-0.2, 0) is 14.8 Å². The Bertz CT molecular complexity index is 698. The van der Waals surface area contributed by atoms with Gasteiger partial charge < -0.3 is 4.90 Å². The van der Waals surface area contributed by atoms with Crippen LogP contribution in [0.25, 0.3) is 0 Å². The molecule has 140 valence electrons. The fourth-order valence-electron chi connectivity index (χ4n) is 3.46. The molecule has 0 unspecified atom stereocenters. The number of amides is 1. The maximum Gasteiger partial charge on any atom is 0.240 e. The zero-order chi connectivity index (χ0) is 18.4. The van der Waals surface area contributed by atoms with E-state index in [-0.39, 0.29) is 23.4 Å². The van der Waals surface area contributed by atoms with E-state index in [9.17, 15) is 17.6 Å². The first-order valence-corrected chi connectivity index (χ1v) is 10.3. The minimum atomic E-state index is -3.72. The van der Waals surface area contributed by atoms with E-state index in [0.29, 0.717) is 12.1 Å². The van der Waals surface area contributed by atoms with Crippen LogP contribution >= 0.6 is 0 Å². The Morgan fingerprint density at radius 1 is 1.24 bits per heavy atom. The van der Waals surface area contributed by atoms with Gasteiger partial charge in [0.15, 0.2) is 0 Å². The van der Waals surface area contributed by atoms with E-state index >= 15 is 0 Å². The Labute approximate surface area is 149 Å². The van der Waals surface area contributed by atoms with E-state index in [2.05, 4.69) is 4.72 Å². The highest BCUT2D eigenvalue weighted by Gasteiger charge is 2.23. The van der Waals surface area contributed by atoms with Gasteiger partial charge in [-0.2, -0.15) is 0 Å². The van der Waals surface area contributed by atoms with E-state index in [4.69, 9.17) is 0 Å². The van der Waals surface area contributed by atoms with Gasteiger partial charge in [0, 0.05) is 26.1 Å². The Kier molecular flexibility index (Phi) is 6.95. The molecule has 0 spiro atoms.